The predicted molar refractivity (Wildman–Crippen MR) is 128 cm³/mol. The highest BCUT2D eigenvalue weighted by Gasteiger charge is 2.24. The molecular weight excluding hydrogens is 402 g/mol. The summed E-state index contributed by atoms with van der Waals surface area (Å²) >= 11 is 0. The van der Waals surface area contributed by atoms with Gasteiger partial charge in [-0.15, -0.1) is 0 Å². The van der Waals surface area contributed by atoms with Gasteiger partial charge in [-0.05, 0) is 73.6 Å². The smallest absolute Gasteiger partial charge is 0.303 e. The van der Waals surface area contributed by atoms with Gasteiger partial charge in [0.25, 0.3) is 0 Å². The minimum atomic E-state index is -0.780. The zero-order valence-corrected chi connectivity index (χ0v) is 19.0. The fourth-order valence-electron chi connectivity index (χ4n) is 4.39. The van der Waals surface area contributed by atoms with E-state index in [-0.39, 0.29) is 12.3 Å². The van der Waals surface area contributed by atoms with Crippen LogP contribution in [0.4, 0.5) is 17.1 Å². The first-order valence-corrected chi connectivity index (χ1v) is 11.5. The van der Waals surface area contributed by atoms with Crippen molar-refractivity contribution in [1.82, 2.24) is 0 Å². The Kier molecular flexibility index (Phi) is 8.52. The van der Waals surface area contributed by atoms with Crippen LogP contribution >= 0.6 is 0 Å². The van der Waals surface area contributed by atoms with Gasteiger partial charge >= 0.3 is 5.97 Å². The maximum atomic E-state index is 11.4. The van der Waals surface area contributed by atoms with E-state index in [1.54, 1.807) is 12.1 Å². The van der Waals surface area contributed by atoms with Crippen LogP contribution in [0.1, 0.15) is 63.0 Å². The highest BCUT2D eigenvalue weighted by Crippen LogP contribution is 2.36. The number of rotatable bonds is 10. The first-order valence-electron chi connectivity index (χ1n) is 11.5. The Balaban J connectivity index is 2.01. The Bertz CT molecular complexity index is 930. The molecule has 2 aromatic carbocycles. The van der Waals surface area contributed by atoms with Crippen molar-refractivity contribution in [2.75, 3.05) is 30.0 Å². The molecule has 1 atom stereocenters. The highest BCUT2D eigenvalue weighted by molar-refractivity contribution is 5.77. The molecule has 0 spiro atoms. The van der Waals surface area contributed by atoms with Gasteiger partial charge in [-0.1, -0.05) is 19.9 Å². The summed E-state index contributed by atoms with van der Waals surface area (Å²) in [4.78, 5) is 13.9. The molecule has 6 heteroatoms. The van der Waals surface area contributed by atoms with Crippen molar-refractivity contribution in [2.24, 2.45) is 0 Å². The normalized spacial score (nSPS) is 15.0. The molecule has 1 aliphatic heterocycles. The van der Waals surface area contributed by atoms with Crippen molar-refractivity contribution in [1.29, 1.82) is 5.26 Å². The molecule has 0 saturated carbocycles. The third-order valence-electron chi connectivity index (χ3n) is 6.10. The Labute approximate surface area is 190 Å². The van der Waals surface area contributed by atoms with Gasteiger partial charge in [-0.25, -0.2) is 0 Å². The van der Waals surface area contributed by atoms with Gasteiger partial charge in [0.05, 0.1) is 29.4 Å². The molecule has 1 aliphatic rings. The van der Waals surface area contributed by atoms with Gasteiger partial charge in [-0.2, -0.15) is 5.26 Å². The average molecular weight is 436 g/mol. The second kappa shape index (κ2) is 11.5. The van der Waals surface area contributed by atoms with E-state index in [1.807, 2.05) is 19.1 Å². The maximum Gasteiger partial charge on any atom is 0.303 e. The summed E-state index contributed by atoms with van der Waals surface area (Å²) in [6, 6.07) is 16.3. The molecule has 0 unspecified atom stereocenters. The summed E-state index contributed by atoms with van der Waals surface area (Å²) < 4.78 is 5.59. The molecule has 0 bridgehead atoms. The van der Waals surface area contributed by atoms with Crippen LogP contribution in [-0.4, -0.2) is 36.9 Å². The standard InChI is InChI=1S/C26H33N3O3/c1-3-13-29(23-11-14-32-15-12-23)25-10-7-21(20(4-2)17-26(30)31)16-24(25)28-22-8-5-19(18-27)6-9-22/h5-10,16,20,23,28H,3-4,11-15,17H2,1-2H3,(H,30,31)/t20-/m1/s1. The van der Waals surface area contributed by atoms with Crippen molar-refractivity contribution < 1.29 is 14.6 Å². The van der Waals surface area contributed by atoms with E-state index in [9.17, 15) is 9.90 Å². The number of hydrogen-bond acceptors (Lipinski definition) is 5. The Hall–Kier alpha value is -3.04. The van der Waals surface area contributed by atoms with Crippen molar-refractivity contribution >= 4 is 23.0 Å². The first kappa shape index (κ1) is 23.6. The number of carboxylic acid groups (broad SMARTS) is 1. The van der Waals surface area contributed by atoms with Crippen molar-refractivity contribution in [2.45, 2.75) is 57.9 Å². The monoisotopic (exact) mass is 435 g/mol. The SMILES string of the molecule is CCCN(c1ccc([C@H](CC)CC(=O)O)cc1Nc1ccc(C#N)cc1)C1CCOCC1. The molecule has 2 N–H and O–H groups in total. The number of nitrogens with zero attached hydrogens (tertiary/aromatic N) is 2. The first-order chi connectivity index (χ1) is 15.5. The maximum absolute atomic E-state index is 11.4. The predicted octanol–water partition coefficient (Wildman–Crippen LogP) is 5.67. The summed E-state index contributed by atoms with van der Waals surface area (Å²) in [5.74, 6) is -0.817. The number of ether oxygens (including phenoxy) is 1. The van der Waals surface area contributed by atoms with E-state index in [2.05, 4.69) is 41.4 Å². The van der Waals surface area contributed by atoms with Crippen LogP contribution in [0.2, 0.25) is 0 Å². The number of anilines is 3. The molecule has 0 aromatic heterocycles. The summed E-state index contributed by atoms with van der Waals surface area (Å²) in [6.07, 6.45) is 3.90. The van der Waals surface area contributed by atoms with Crippen LogP contribution in [0.25, 0.3) is 0 Å². The van der Waals surface area contributed by atoms with Gasteiger partial charge < -0.3 is 20.1 Å². The van der Waals surface area contributed by atoms with E-state index in [0.29, 0.717) is 11.6 Å². The molecule has 0 amide bonds. The number of nitriles is 1. The lowest BCUT2D eigenvalue weighted by atomic mass is 9.92. The van der Waals surface area contributed by atoms with Gasteiger partial charge in [-0.3, -0.25) is 4.79 Å². The van der Waals surface area contributed by atoms with E-state index in [0.717, 1.165) is 68.1 Å². The third kappa shape index (κ3) is 6.02. The van der Waals surface area contributed by atoms with Gasteiger partial charge in [0.15, 0.2) is 0 Å². The van der Waals surface area contributed by atoms with Gasteiger partial charge in [0.2, 0.25) is 0 Å². The van der Waals surface area contributed by atoms with Crippen molar-refractivity contribution in [3.05, 3.63) is 53.6 Å². The number of benzene rings is 2. The topological polar surface area (TPSA) is 85.6 Å². The van der Waals surface area contributed by atoms with Crippen molar-refractivity contribution in [3.63, 3.8) is 0 Å². The van der Waals surface area contributed by atoms with E-state index in [1.165, 1.54) is 0 Å². The largest absolute Gasteiger partial charge is 0.481 e. The molecule has 3 rings (SSSR count). The summed E-state index contributed by atoms with van der Waals surface area (Å²) in [5.41, 5.74) is 4.63. The van der Waals surface area contributed by atoms with Crippen LogP contribution in [0.3, 0.4) is 0 Å². The molecule has 0 aliphatic carbocycles. The highest BCUT2D eigenvalue weighted by atomic mass is 16.5. The number of aliphatic carboxylic acids is 1. The molecule has 170 valence electrons. The molecule has 0 radical (unpaired) electrons. The van der Waals surface area contributed by atoms with Crippen LogP contribution in [0.5, 0.6) is 0 Å². The quantitative estimate of drug-likeness (QED) is 0.500. The van der Waals surface area contributed by atoms with Gasteiger partial charge in [0.1, 0.15) is 0 Å². The molecule has 6 nitrogen and oxygen atoms in total. The number of carboxylic acids is 1. The lowest BCUT2D eigenvalue weighted by molar-refractivity contribution is -0.137. The molecular formula is C26H33N3O3. The van der Waals surface area contributed by atoms with Crippen LogP contribution < -0.4 is 10.2 Å². The molecule has 32 heavy (non-hydrogen) atoms. The zero-order chi connectivity index (χ0) is 22.9. The Morgan fingerprint density at radius 1 is 1.22 bits per heavy atom. The second-order valence-electron chi connectivity index (χ2n) is 8.33. The fourth-order valence-corrected chi connectivity index (χ4v) is 4.39. The third-order valence-corrected chi connectivity index (χ3v) is 6.10. The van der Waals surface area contributed by atoms with E-state index in [4.69, 9.17) is 10.00 Å². The molecule has 1 heterocycles. The Morgan fingerprint density at radius 2 is 1.94 bits per heavy atom. The lowest BCUT2D eigenvalue weighted by Crippen LogP contribution is -2.40. The number of carbonyl (C=O) groups is 1. The van der Waals surface area contributed by atoms with E-state index >= 15 is 0 Å². The van der Waals surface area contributed by atoms with Crippen LogP contribution in [0.15, 0.2) is 42.5 Å². The Morgan fingerprint density at radius 3 is 2.53 bits per heavy atom. The minimum absolute atomic E-state index is 0.0363. The van der Waals surface area contributed by atoms with Crippen molar-refractivity contribution in [3.8, 4) is 6.07 Å². The summed E-state index contributed by atoms with van der Waals surface area (Å²) in [6.45, 7) is 6.71. The van der Waals surface area contributed by atoms with E-state index < -0.39 is 5.97 Å². The molecule has 1 saturated heterocycles. The second-order valence-corrected chi connectivity index (χ2v) is 8.33. The summed E-state index contributed by atoms with van der Waals surface area (Å²) in [5, 5.41) is 22.0. The number of hydrogen-bond donors (Lipinski definition) is 2. The van der Waals surface area contributed by atoms with Crippen LogP contribution in [-0.2, 0) is 9.53 Å². The van der Waals surface area contributed by atoms with Gasteiger partial charge in [0, 0.05) is 31.5 Å². The van der Waals surface area contributed by atoms with Crippen LogP contribution in [0, 0.1) is 11.3 Å². The fraction of sp³-hybridized carbons (Fsp3) is 0.462. The molecule has 1 fully saturated rings. The number of nitrogens with one attached hydrogen (secondary N) is 1. The minimum Gasteiger partial charge on any atom is -0.481 e. The zero-order valence-electron chi connectivity index (χ0n) is 19.0. The lowest BCUT2D eigenvalue weighted by Gasteiger charge is -2.37. The summed E-state index contributed by atoms with van der Waals surface area (Å²) in [7, 11) is 0. The average Bonchev–Trinajstić information content (AvgIpc) is 2.82. The molecule has 2 aromatic rings.